The van der Waals surface area contributed by atoms with Crippen LogP contribution in [0.3, 0.4) is 0 Å². The van der Waals surface area contributed by atoms with Crippen LogP contribution in [0, 0.1) is 12.3 Å². The van der Waals surface area contributed by atoms with Gasteiger partial charge in [-0.05, 0) is 49.8 Å². The molecule has 20 heavy (non-hydrogen) atoms. The SMILES string of the molecule is CCCNC(Cc1ncccc1C)C1(C)CCCCC1. The Hall–Kier alpha value is -0.890. The second-order valence-corrected chi connectivity index (χ2v) is 6.69. The number of hydrogen-bond donors (Lipinski definition) is 1. The molecule has 2 heteroatoms. The summed E-state index contributed by atoms with van der Waals surface area (Å²) in [5.41, 5.74) is 3.04. The average Bonchev–Trinajstić information content (AvgIpc) is 2.46. The molecular formula is C18H30N2. The van der Waals surface area contributed by atoms with Crippen molar-refractivity contribution >= 4 is 0 Å². The van der Waals surface area contributed by atoms with E-state index in [9.17, 15) is 0 Å². The monoisotopic (exact) mass is 274 g/mol. The van der Waals surface area contributed by atoms with Crippen molar-refractivity contribution in [2.75, 3.05) is 6.54 Å². The molecule has 0 saturated heterocycles. The summed E-state index contributed by atoms with van der Waals surface area (Å²) in [5, 5.41) is 3.82. The van der Waals surface area contributed by atoms with Crippen LogP contribution in [0.15, 0.2) is 18.3 Å². The third-order valence-corrected chi connectivity index (χ3v) is 4.99. The van der Waals surface area contributed by atoms with Gasteiger partial charge in [0, 0.05) is 24.4 Å². The number of pyridine rings is 1. The smallest absolute Gasteiger partial charge is 0.0448 e. The maximum absolute atomic E-state index is 4.61. The van der Waals surface area contributed by atoms with E-state index in [1.165, 1.54) is 49.8 Å². The van der Waals surface area contributed by atoms with Crippen molar-refractivity contribution in [2.24, 2.45) is 5.41 Å². The van der Waals surface area contributed by atoms with Gasteiger partial charge < -0.3 is 5.32 Å². The number of aromatic nitrogens is 1. The lowest BCUT2D eigenvalue weighted by atomic mass is 9.69. The molecule has 1 aromatic rings. The van der Waals surface area contributed by atoms with Crippen LogP contribution in [-0.4, -0.2) is 17.6 Å². The van der Waals surface area contributed by atoms with Gasteiger partial charge in [0.25, 0.3) is 0 Å². The van der Waals surface area contributed by atoms with Crippen molar-refractivity contribution in [2.45, 2.75) is 71.8 Å². The quantitative estimate of drug-likeness (QED) is 0.838. The molecule has 0 radical (unpaired) electrons. The Morgan fingerprint density at radius 3 is 2.70 bits per heavy atom. The lowest BCUT2D eigenvalue weighted by Gasteiger charge is -2.41. The molecule has 0 spiro atoms. The predicted octanol–water partition coefficient (Wildman–Crippen LogP) is 4.27. The summed E-state index contributed by atoms with van der Waals surface area (Å²) in [5.74, 6) is 0. The molecule has 112 valence electrons. The fraction of sp³-hybridized carbons (Fsp3) is 0.722. The van der Waals surface area contributed by atoms with E-state index in [1.807, 2.05) is 12.3 Å². The minimum absolute atomic E-state index is 0.442. The van der Waals surface area contributed by atoms with Crippen LogP contribution in [0.2, 0.25) is 0 Å². The fourth-order valence-corrected chi connectivity index (χ4v) is 3.52. The van der Waals surface area contributed by atoms with Crippen molar-refractivity contribution in [3.63, 3.8) is 0 Å². The largest absolute Gasteiger partial charge is 0.313 e. The summed E-state index contributed by atoms with van der Waals surface area (Å²) in [6, 6.07) is 4.79. The normalized spacial score (nSPS) is 19.8. The summed E-state index contributed by atoms with van der Waals surface area (Å²) in [7, 11) is 0. The summed E-state index contributed by atoms with van der Waals surface area (Å²) in [6.45, 7) is 8.03. The van der Waals surface area contributed by atoms with Crippen LogP contribution in [0.4, 0.5) is 0 Å². The van der Waals surface area contributed by atoms with Gasteiger partial charge in [-0.3, -0.25) is 4.98 Å². The lowest BCUT2D eigenvalue weighted by Crippen LogP contribution is -2.46. The number of hydrogen-bond acceptors (Lipinski definition) is 2. The van der Waals surface area contributed by atoms with Crippen LogP contribution >= 0.6 is 0 Å². The Kier molecular flexibility index (Phi) is 5.59. The summed E-state index contributed by atoms with van der Waals surface area (Å²) < 4.78 is 0. The van der Waals surface area contributed by atoms with Crippen molar-refractivity contribution in [1.29, 1.82) is 0 Å². The van der Waals surface area contributed by atoms with Gasteiger partial charge in [-0.15, -0.1) is 0 Å². The zero-order chi connectivity index (χ0) is 14.4. The van der Waals surface area contributed by atoms with E-state index in [4.69, 9.17) is 0 Å². The third-order valence-electron chi connectivity index (χ3n) is 4.99. The molecule has 1 atom stereocenters. The summed E-state index contributed by atoms with van der Waals surface area (Å²) in [4.78, 5) is 4.61. The first-order valence-corrected chi connectivity index (χ1v) is 8.29. The molecular weight excluding hydrogens is 244 g/mol. The van der Waals surface area contributed by atoms with Gasteiger partial charge in [-0.25, -0.2) is 0 Å². The van der Waals surface area contributed by atoms with E-state index in [0.29, 0.717) is 11.5 Å². The molecule has 2 nitrogen and oxygen atoms in total. The van der Waals surface area contributed by atoms with E-state index in [0.717, 1.165) is 13.0 Å². The van der Waals surface area contributed by atoms with Crippen LogP contribution in [0.5, 0.6) is 0 Å². The Morgan fingerprint density at radius 2 is 2.05 bits per heavy atom. The molecule has 1 fully saturated rings. The minimum Gasteiger partial charge on any atom is -0.313 e. The van der Waals surface area contributed by atoms with Gasteiger partial charge in [-0.1, -0.05) is 39.2 Å². The molecule has 2 rings (SSSR count). The summed E-state index contributed by atoms with van der Waals surface area (Å²) in [6.07, 6.45) is 11.1. The molecule has 1 saturated carbocycles. The molecule has 1 aliphatic carbocycles. The fourth-order valence-electron chi connectivity index (χ4n) is 3.52. The Balaban J connectivity index is 2.12. The van der Waals surface area contributed by atoms with Crippen LogP contribution < -0.4 is 5.32 Å². The van der Waals surface area contributed by atoms with Crippen LogP contribution in [-0.2, 0) is 6.42 Å². The van der Waals surface area contributed by atoms with Gasteiger partial charge in [0.2, 0.25) is 0 Å². The second kappa shape index (κ2) is 7.21. The van der Waals surface area contributed by atoms with Gasteiger partial charge in [0.15, 0.2) is 0 Å². The van der Waals surface area contributed by atoms with E-state index in [1.54, 1.807) is 0 Å². The zero-order valence-corrected chi connectivity index (χ0v) is 13.4. The highest BCUT2D eigenvalue weighted by Gasteiger charge is 2.35. The molecule has 1 unspecified atom stereocenters. The number of rotatable bonds is 6. The number of aryl methyl sites for hydroxylation is 1. The van der Waals surface area contributed by atoms with Gasteiger partial charge in [-0.2, -0.15) is 0 Å². The zero-order valence-electron chi connectivity index (χ0n) is 13.4. The van der Waals surface area contributed by atoms with Gasteiger partial charge >= 0.3 is 0 Å². The first-order chi connectivity index (χ1) is 9.65. The van der Waals surface area contributed by atoms with Crippen molar-refractivity contribution in [1.82, 2.24) is 10.3 Å². The minimum atomic E-state index is 0.442. The first kappa shape index (κ1) is 15.5. The highest BCUT2D eigenvalue weighted by molar-refractivity contribution is 5.19. The second-order valence-electron chi connectivity index (χ2n) is 6.69. The molecule has 0 aromatic carbocycles. The maximum Gasteiger partial charge on any atom is 0.0448 e. The van der Waals surface area contributed by atoms with Gasteiger partial charge in [0.1, 0.15) is 0 Å². The maximum atomic E-state index is 4.61. The average molecular weight is 274 g/mol. The Morgan fingerprint density at radius 1 is 1.30 bits per heavy atom. The van der Waals surface area contributed by atoms with Crippen LogP contribution in [0.25, 0.3) is 0 Å². The molecule has 0 aliphatic heterocycles. The molecule has 1 N–H and O–H groups in total. The molecule has 1 heterocycles. The topological polar surface area (TPSA) is 24.9 Å². The van der Waals surface area contributed by atoms with E-state index in [2.05, 4.69) is 37.1 Å². The van der Waals surface area contributed by atoms with E-state index < -0.39 is 0 Å². The predicted molar refractivity (Wildman–Crippen MR) is 86.0 cm³/mol. The van der Waals surface area contributed by atoms with Crippen molar-refractivity contribution in [3.05, 3.63) is 29.6 Å². The highest BCUT2D eigenvalue weighted by Crippen LogP contribution is 2.39. The first-order valence-electron chi connectivity index (χ1n) is 8.29. The third kappa shape index (κ3) is 3.82. The Labute approximate surface area is 124 Å². The molecule has 0 bridgehead atoms. The number of nitrogens with zero attached hydrogens (tertiary/aromatic N) is 1. The lowest BCUT2D eigenvalue weighted by molar-refractivity contribution is 0.143. The summed E-state index contributed by atoms with van der Waals surface area (Å²) >= 11 is 0. The molecule has 0 amide bonds. The van der Waals surface area contributed by atoms with E-state index in [-0.39, 0.29) is 0 Å². The van der Waals surface area contributed by atoms with Crippen molar-refractivity contribution in [3.8, 4) is 0 Å². The Bertz CT molecular complexity index is 408. The standard InChI is InChI=1S/C18H30N2/c1-4-12-20-17(18(3)10-6-5-7-11-18)14-16-15(2)9-8-13-19-16/h8-9,13,17,20H,4-7,10-12,14H2,1-3H3. The van der Waals surface area contributed by atoms with Gasteiger partial charge in [0.05, 0.1) is 0 Å². The van der Waals surface area contributed by atoms with Crippen molar-refractivity contribution < 1.29 is 0 Å². The number of nitrogens with one attached hydrogen (secondary N) is 1. The highest BCUT2D eigenvalue weighted by atomic mass is 14.9. The molecule has 1 aliphatic rings. The van der Waals surface area contributed by atoms with E-state index >= 15 is 0 Å². The van der Waals surface area contributed by atoms with Crippen LogP contribution in [0.1, 0.15) is 63.6 Å². The molecule has 1 aromatic heterocycles.